The van der Waals surface area contributed by atoms with Gasteiger partial charge in [0.2, 0.25) is 0 Å². The zero-order valence-corrected chi connectivity index (χ0v) is 19.3. The largest absolute Gasteiger partial charge is 0.422 e. The van der Waals surface area contributed by atoms with Gasteiger partial charge in [0.25, 0.3) is 5.56 Å². The van der Waals surface area contributed by atoms with Crippen LogP contribution in [0.3, 0.4) is 0 Å². The number of aryl methyl sites for hydroxylation is 3. The molecule has 5 aromatic rings. The summed E-state index contributed by atoms with van der Waals surface area (Å²) < 4.78 is 7.05. The number of fused-ring (bicyclic) bond motifs is 2. The van der Waals surface area contributed by atoms with Crippen molar-refractivity contribution in [3.63, 3.8) is 0 Å². The number of benzene rings is 2. The number of pyridine rings is 1. The Balaban J connectivity index is 1.66. The van der Waals surface area contributed by atoms with E-state index in [-0.39, 0.29) is 5.56 Å². The summed E-state index contributed by atoms with van der Waals surface area (Å²) in [6.07, 6.45) is 1.68. The molecule has 0 aliphatic heterocycles. The van der Waals surface area contributed by atoms with Crippen molar-refractivity contribution in [2.24, 2.45) is 0 Å². The van der Waals surface area contributed by atoms with Gasteiger partial charge in [-0.05, 0) is 67.3 Å². The monoisotopic (exact) mass is 455 g/mol. The van der Waals surface area contributed by atoms with Crippen LogP contribution >= 0.6 is 11.8 Å². The van der Waals surface area contributed by atoms with Crippen LogP contribution in [0.25, 0.3) is 27.7 Å². The van der Waals surface area contributed by atoms with Crippen molar-refractivity contribution in [2.45, 2.75) is 31.7 Å². The minimum Gasteiger partial charge on any atom is -0.422 e. The Hall–Kier alpha value is -3.71. The standard InChI is InChI=1S/C26H21N3O3S/c1-15-10-11-27-22(12-15)29-25(31)20-6-4-5-7-21(20)28-26(29)33-14-18-13-23(30)32-24-17(3)16(2)8-9-19(18)24/h4-13H,14H2,1-3H3. The average molecular weight is 456 g/mol. The van der Waals surface area contributed by atoms with E-state index in [1.807, 2.05) is 63.2 Å². The van der Waals surface area contributed by atoms with E-state index in [1.54, 1.807) is 16.8 Å². The van der Waals surface area contributed by atoms with E-state index in [0.29, 0.717) is 33.2 Å². The van der Waals surface area contributed by atoms with Gasteiger partial charge in [-0.15, -0.1) is 0 Å². The smallest absolute Gasteiger partial charge is 0.336 e. The summed E-state index contributed by atoms with van der Waals surface area (Å²) in [5, 5.41) is 1.93. The molecular formula is C26H21N3O3S. The van der Waals surface area contributed by atoms with Crippen LogP contribution in [-0.2, 0) is 5.75 Å². The topological polar surface area (TPSA) is 78.0 Å². The summed E-state index contributed by atoms with van der Waals surface area (Å²) in [6, 6.07) is 16.5. The Morgan fingerprint density at radius 2 is 1.79 bits per heavy atom. The first-order valence-corrected chi connectivity index (χ1v) is 11.5. The van der Waals surface area contributed by atoms with Crippen LogP contribution in [0.1, 0.15) is 22.3 Å². The molecule has 0 bridgehead atoms. The minimum absolute atomic E-state index is 0.176. The molecular weight excluding hydrogens is 434 g/mol. The van der Waals surface area contributed by atoms with E-state index in [9.17, 15) is 9.59 Å². The van der Waals surface area contributed by atoms with Gasteiger partial charge >= 0.3 is 5.63 Å². The van der Waals surface area contributed by atoms with Crippen molar-refractivity contribution in [3.8, 4) is 5.82 Å². The molecule has 0 N–H and O–H groups in total. The third-order valence-corrected chi connectivity index (χ3v) is 6.74. The third-order valence-electron chi connectivity index (χ3n) is 5.75. The molecule has 0 saturated heterocycles. The second-order valence-electron chi connectivity index (χ2n) is 8.01. The zero-order valence-electron chi connectivity index (χ0n) is 18.5. The van der Waals surface area contributed by atoms with E-state index in [0.717, 1.165) is 27.6 Å². The lowest BCUT2D eigenvalue weighted by atomic mass is 10.0. The highest BCUT2D eigenvalue weighted by Gasteiger charge is 2.16. The van der Waals surface area contributed by atoms with Crippen LogP contribution in [0.15, 0.2) is 80.0 Å². The van der Waals surface area contributed by atoms with Crippen molar-refractivity contribution < 1.29 is 4.42 Å². The first kappa shape index (κ1) is 21.2. The van der Waals surface area contributed by atoms with Crippen LogP contribution < -0.4 is 11.2 Å². The van der Waals surface area contributed by atoms with Crippen molar-refractivity contribution in [1.82, 2.24) is 14.5 Å². The van der Waals surface area contributed by atoms with Crippen molar-refractivity contribution in [3.05, 3.63) is 104 Å². The number of nitrogens with zero attached hydrogens (tertiary/aromatic N) is 3. The van der Waals surface area contributed by atoms with Crippen LogP contribution in [-0.4, -0.2) is 14.5 Å². The Bertz CT molecular complexity index is 1650. The van der Waals surface area contributed by atoms with E-state index < -0.39 is 5.63 Å². The summed E-state index contributed by atoms with van der Waals surface area (Å²) >= 11 is 1.39. The second kappa shape index (κ2) is 8.33. The van der Waals surface area contributed by atoms with Gasteiger partial charge in [0.1, 0.15) is 11.4 Å². The molecule has 33 heavy (non-hydrogen) atoms. The predicted octanol–water partition coefficient (Wildman–Crippen LogP) is 5.10. The number of aromatic nitrogens is 3. The quantitative estimate of drug-likeness (QED) is 0.213. The van der Waals surface area contributed by atoms with Crippen LogP contribution in [0, 0.1) is 20.8 Å². The van der Waals surface area contributed by atoms with Crippen LogP contribution in [0.4, 0.5) is 0 Å². The molecule has 6 nitrogen and oxygen atoms in total. The molecule has 0 spiro atoms. The van der Waals surface area contributed by atoms with Crippen molar-refractivity contribution in [2.75, 3.05) is 0 Å². The Morgan fingerprint density at radius 3 is 2.61 bits per heavy atom. The van der Waals surface area contributed by atoms with Gasteiger partial charge in [0.15, 0.2) is 5.16 Å². The number of thioether (sulfide) groups is 1. The summed E-state index contributed by atoms with van der Waals surface area (Å²) in [5.74, 6) is 0.964. The number of hydrogen-bond donors (Lipinski definition) is 0. The van der Waals surface area contributed by atoms with E-state index >= 15 is 0 Å². The molecule has 0 atom stereocenters. The fraction of sp³-hybridized carbons (Fsp3) is 0.154. The lowest BCUT2D eigenvalue weighted by Gasteiger charge is -2.13. The maximum Gasteiger partial charge on any atom is 0.336 e. The summed E-state index contributed by atoms with van der Waals surface area (Å²) in [6.45, 7) is 5.89. The molecule has 0 radical (unpaired) electrons. The van der Waals surface area contributed by atoms with Gasteiger partial charge in [-0.25, -0.2) is 19.3 Å². The van der Waals surface area contributed by atoms with Gasteiger partial charge in [0.05, 0.1) is 10.9 Å². The Kier molecular flexibility index (Phi) is 5.34. The molecule has 0 aliphatic carbocycles. The number of rotatable bonds is 4. The fourth-order valence-electron chi connectivity index (χ4n) is 3.84. The van der Waals surface area contributed by atoms with Gasteiger partial charge in [-0.3, -0.25) is 4.79 Å². The third kappa shape index (κ3) is 3.85. The molecule has 7 heteroatoms. The zero-order chi connectivity index (χ0) is 23.1. The molecule has 0 unspecified atom stereocenters. The molecule has 0 aliphatic rings. The highest BCUT2D eigenvalue weighted by Crippen LogP contribution is 2.29. The molecule has 0 saturated carbocycles. The summed E-state index contributed by atoms with van der Waals surface area (Å²) in [4.78, 5) is 34.9. The predicted molar refractivity (Wildman–Crippen MR) is 131 cm³/mol. The van der Waals surface area contributed by atoms with Crippen LogP contribution in [0.2, 0.25) is 0 Å². The highest BCUT2D eigenvalue weighted by molar-refractivity contribution is 7.98. The van der Waals surface area contributed by atoms with Crippen LogP contribution in [0.5, 0.6) is 0 Å². The lowest BCUT2D eigenvalue weighted by molar-refractivity contribution is 0.557. The molecule has 164 valence electrons. The molecule has 3 aromatic heterocycles. The Labute approximate surface area is 193 Å². The maximum atomic E-state index is 13.4. The second-order valence-corrected chi connectivity index (χ2v) is 8.95. The summed E-state index contributed by atoms with van der Waals surface area (Å²) in [7, 11) is 0. The first-order chi connectivity index (χ1) is 15.9. The molecule has 5 rings (SSSR count). The van der Waals surface area contributed by atoms with E-state index in [2.05, 4.69) is 4.98 Å². The molecule has 3 heterocycles. The average Bonchev–Trinajstić information content (AvgIpc) is 2.80. The lowest BCUT2D eigenvalue weighted by Crippen LogP contribution is -2.22. The Morgan fingerprint density at radius 1 is 0.970 bits per heavy atom. The molecule has 0 fully saturated rings. The number of hydrogen-bond acceptors (Lipinski definition) is 6. The van der Waals surface area contributed by atoms with E-state index in [1.165, 1.54) is 17.8 Å². The van der Waals surface area contributed by atoms with E-state index in [4.69, 9.17) is 9.40 Å². The van der Waals surface area contributed by atoms with Crippen molar-refractivity contribution >= 4 is 33.6 Å². The number of para-hydroxylation sites is 1. The van der Waals surface area contributed by atoms with Gasteiger partial charge in [-0.1, -0.05) is 36.0 Å². The maximum absolute atomic E-state index is 13.4. The summed E-state index contributed by atoms with van der Waals surface area (Å²) in [5.41, 5.74) is 4.49. The minimum atomic E-state index is -0.393. The highest BCUT2D eigenvalue weighted by atomic mass is 32.2. The van der Waals surface area contributed by atoms with Crippen molar-refractivity contribution in [1.29, 1.82) is 0 Å². The van der Waals surface area contributed by atoms with Gasteiger partial charge in [0, 0.05) is 23.4 Å². The van der Waals surface area contributed by atoms with Gasteiger partial charge < -0.3 is 4.42 Å². The molecule has 2 aromatic carbocycles. The first-order valence-electron chi connectivity index (χ1n) is 10.5. The SMILES string of the molecule is Cc1ccnc(-n2c(SCc3cc(=O)oc4c(C)c(C)ccc34)nc3ccccc3c2=O)c1. The fourth-order valence-corrected chi connectivity index (χ4v) is 4.83. The molecule has 0 amide bonds. The van der Waals surface area contributed by atoms with Gasteiger partial charge in [-0.2, -0.15) is 0 Å². The normalized spacial score (nSPS) is 11.4.